The van der Waals surface area contributed by atoms with Gasteiger partial charge in [0.25, 0.3) is 0 Å². The second-order valence-corrected chi connectivity index (χ2v) is 5.56. The maximum atomic E-state index is 11.9. The number of rotatable bonds is 3. The lowest BCUT2D eigenvalue weighted by atomic mass is 10.0. The predicted octanol–water partition coefficient (Wildman–Crippen LogP) is 0.166. The molecule has 2 N–H and O–H groups in total. The van der Waals surface area contributed by atoms with E-state index in [9.17, 15) is 9.59 Å². The van der Waals surface area contributed by atoms with Gasteiger partial charge in [0.15, 0.2) is 5.78 Å². The Hall–Kier alpha value is -1.14. The van der Waals surface area contributed by atoms with Gasteiger partial charge in [-0.05, 0) is 27.2 Å². The van der Waals surface area contributed by atoms with E-state index >= 15 is 0 Å². The average molecular weight is 259 g/mol. The molecule has 1 aliphatic rings. The molecule has 1 rings (SSSR count). The van der Waals surface area contributed by atoms with Crippen LogP contribution in [0.5, 0.6) is 0 Å². The number of ketones is 1. The number of nitrogens with zero attached hydrogens (tertiary/aromatic N) is 1. The van der Waals surface area contributed by atoms with E-state index < -0.39 is 30.1 Å². The molecule has 18 heavy (non-hydrogen) atoms. The van der Waals surface area contributed by atoms with E-state index in [0.29, 0.717) is 6.42 Å². The Labute approximate surface area is 107 Å². The van der Waals surface area contributed by atoms with Crippen molar-refractivity contribution in [3.8, 4) is 0 Å². The highest BCUT2D eigenvalue weighted by Gasteiger charge is 2.40. The van der Waals surface area contributed by atoms with Crippen molar-refractivity contribution >= 4 is 11.9 Å². The third kappa shape index (κ3) is 3.68. The van der Waals surface area contributed by atoms with Crippen molar-refractivity contribution in [2.45, 2.75) is 38.8 Å². The van der Waals surface area contributed by atoms with Crippen molar-refractivity contribution in [1.82, 2.24) is 4.90 Å². The van der Waals surface area contributed by atoms with Crippen LogP contribution in [0.2, 0.25) is 0 Å². The normalized spacial score (nSPS) is 24.2. The van der Waals surface area contributed by atoms with Gasteiger partial charge >= 0.3 is 6.09 Å². The lowest BCUT2D eigenvalue weighted by Gasteiger charge is -2.27. The van der Waals surface area contributed by atoms with E-state index in [4.69, 9.17) is 14.9 Å². The van der Waals surface area contributed by atoms with E-state index in [2.05, 4.69) is 0 Å². The van der Waals surface area contributed by atoms with Crippen LogP contribution < -0.4 is 0 Å². The standard InChI is InChI=1S/C12H21NO5/c1-12(2,3)18-11(17)13-5-8(6-14)4-9(13)10(16)7-15/h8-9,14-15H,4-7H2,1-3H3/t8-,9-/m0/s1. The number of hydrogen-bond donors (Lipinski definition) is 2. The van der Waals surface area contributed by atoms with Gasteiger partial charge in [0.2, 0.25) is 0 Å². The summed E-state index contributed by atoms with van der Waals surface area (Å²) in [4.78, 5) is 24.8. The lowest BCUT2D eigenvalue weighted by Crippen LogP contribution is -2.44. The highest BCUT2D eigenvalue weighted by atomic mass is 16.6. The van der Waals surface area contributed by atoms with Gasteiger partial charge in [-0.3, -0.25) is 9.69 Å². The maximum Gasteiger partial charge on any atom is 0.410 e. The van der Waals surface area contributed by atoms with Gasteiger partial charge in [-0.15, -0.1) is 0 Å². The van der Waals surface area contributed by atoms with E-state index in [-0.39, 0.29) is 19.1 Å². The topological polar surface area (TPSA) is 87.1 Å². The molecule has 0 radical (unpaired) electrons. The van der Waals surface area contributed by atoms with Gasteiger partial charge < -0.3 is 14.9 Å². The molecule has 2 atom stereocenters. The van der Waals surface area contributed by atoms with Crippen LogP contribution in [0.15, 0.2) is 0 Å². The molecule has 6 nitrogen and oxygen atoms in total. The lowest BCUT2D eigenvalue weighted by molar-refractivity contribution is -0.126. The third-order valence-corrected chi connectivity index (χ3v) is 2.80. The largest absolute Gasteiger partial charge is 0.444 e. The van der Waals surface area contributed by atoms with Crippen molar-refractivity contribution in [2.24, 2.45) is 5.92 Å². The fraction of sp³-hybridized carbons (Fsp3) is 0.833. The van der Waals surface area contributed by atoms with Crippen LogP contribution in [0.3, 0.4) is 0 Å². The molecule has 0 saturated carbocycles. The number of hydrogen-bond acceptors (Lipinski definition) is 5. The molecule has 1 amide bonds. The number of ether oxygens (including phenoxy) is 1. The first-order chi connectivity index (χ1) is 8.28. The Bertz CT molecular complexity index is 323. The second kappa shape index (κ2) is 5.67. The first kappa shape index (κ1) is 14.9. The van der Waals surface area contributed by atoms with E-state index in [1.165, 1.54) is 4.90 Å². The summed E-state index contributed by atoms with van der Waals surface area (Å²) in [5.41, 5.74) is -0.638. The summed E-state index contributed by atoms with van der Waals surface area (Å²) >= 11 is 0. The second-order valence-electron chi connectivity index (χ2n) is 5.56. The molecule has 1 aliphatic heterocycles. The predicted molar refractivity (Wildman–Crippen MR) is 64.0 cm³/mol. The van der Waals surface area contributed by atoms with Gasteiger partial charge in [-0.25, -0.2) is 4.79 Å². The van der Waals surface area contributed by atoms with Crippen molar-refractivity contribution < 1.29 is 24.5 Å². The first-order valence-electron chi connectivity index (χ1n) is 6.02. The quantitative estimate of drug-likeness (QED) is 0.754. The van der Waals surface area contributed by atoms with Crippen LogP contribution in [-0.2, 0) is 9.53 Å². The fourth-order valence-corrected chi connectivity index (χ4v) is 1.99. The highest BCUT2D eigenvalue weighted by molar-refractivity contribution is 5.88. The Morgan fingerprint density at radius 1 is 1.33 bits per heavy atom. The Morgan fingerprint density at radius 3 is 2.39 bits per heavy atom. The minimum Gasteiger partial charge on any atom is -0.444 e. The van der Waals surface area contributed by atoms with Gasteiger partial charge in [-0.1, -0.05) is 0 Å². The summed E-state index contributed by atoms with van der Waals surface area (Å²) in [5, 5.41) is 18.0. The number of aliphatic hydroxyl groups excluding tert-OH is 2. The SMILES string of the molecule is CC(C)(C)OC(=O)N1C[C@@H](CO)C[C@H]1C(=O)CO. The summed E-state index contributed by atoms with van der Waals surface area (Å²) in [5.74, 6) is -0.560. The maximum absolute atomic E-state index is 11.9. The van der Waals surface area contributed by atoms with Crippen LogP contribution in [0.4, 0.5) is 4.79 Å². The van der Waals surface area contributed by atoms with E-state index in [0.717, 1.165) is 0 Å². The summed E-state index contributed by atoms with van der Waals surface area (Å²) in [6.45, 7) is 4.81. The smallest absolute Gasteiger partial charge is 0.410 e. The molecule has 6 heteroatoms. The van der Waals surface area contributed by atoms with Crippen molar-refractivity contribution in [3.05, 3.63) is 0 Å². The number of likely N-dealkylation sites (tertiary alicyclic amines) is 1. The van der Waals surface area contributed by atoms with Crippen molar-refractivity contribution in [2.75, 3.05) is 19.8 Å². The van der Waals surface area contributed by atoms with Gasteiger partial charge in [0, 0.05) is 19.1 Å². The Balaban J connectivity index is 2.77. The Kier molecular flexibility index (Phi) is 4.70. The molecule has 0 aromatic rings. The molecule has 104 valence electrons. The molecule has 0 unspecified atom stereocenters. The third-order valence-electron chi connectivity index (χ3n) is 2.80. The molecule has 0 spiro atoms. The van der Waals surface area contributed by atoms with Crippen LogP contribution in [0, 0.1) is 5.92 Å². The number of Topliss-reactive ketones (excluding diaryl/α,β-unsaturated/α-hetero) is 1. The summed E-state index contributed by atoms with van der Waals surface area (Å²) in [6, 6.07) is -0.693. The first-order valence-corrected chi connectivity index (χ1v) is 6.02. The van der Waals surface area contributed by atoms with Crippen LogP contribution in [0.1, 0.15) is 27.2 Å². The fourth-order valence-electron chi connectivity index (χ4n) is 1.99. The summed E-state index contributed by atoms with van der Waals surface area (Å²) < 4.78 is 5.21. The van der Waals surface area contributed by atoms with Crippen LogP contribution in [0.25, 0.3) is 0 Å². The molecular weight excluding hydrogens is 238 g/mol. The number of aliphatic hydroxyl groups is 2. The van der Waals surface area contributed by atoms with Crippen LogP contribution in [-0.4, -0.2) is 58.4 Å². The zero-order chi connectivity index (χ0) is 13.9. The van der Waals surface area contributed by atoms with Crippen LogP contribution >= 0.6 is 0 Å². The zero-order valence-electron chi connectivity index (χ0n) is 11.0. The number of carbonyl (C=O) groups excluding carboxylic acids is 2. The molecule has 0 bridgehead atoms. The van der Waals surface area contributed by atoms with Gasteiger partial charge in [0.05, 0.1) is 6.04 Å². The molecule has 1 fully saturated rings. The molecule has 0 aliphatic carbocycles. The van der Waals surface area contributed by atoms with E-state index in [1.54, 1.807) is 20.8 Å². The highest BCUT2D eigenvalue weighted by Crippen LogP contribution is 2.25. The monoisotopic (exact) mass is 259 g/mol. The molecular formula is C12H21NO5. The molecule has 0 aromatic heterocycles. The van der Waals surface area contributed by atoms with E-state index in [1.807, 2.05) is 0 Å². The summed E-state index contributed by atoms with van der Waals surface area (Å²) in [6.07, 6.45) is -0.208. The zero-order valence-corrected chi connectivity index (χ0v) is 11.0. The average Bonchev–Trinajstić information content (AvgIpc) is 2.69. The molecule has 1 heterocycles. The van der Waals surface area contributed by atoms with Crippen molar-refractivity contribution in [1.29, 1.82) is 0 Å². The minimum absolute atomic E-state index is 0.0888. The van der Waals surface area contributed by atoms with Gasteiger partial charge in [-0.2, -0.15) is 0 Å². The number of carbonyl (C=O) groups is 2. The number of amides is 1. The minimum atomic E-state index is -0.693. The molecule has 1 saturated heterocycles. The molecule has 0 aromatic carbocycles. The Morgan fingerprint density at radius 2 is 1.94 bits per heavy atom. The van der Waals surface area contributed by atoms with Gasteiger partial charge in [0.1, 0.15) is 12.2 Å². The summed E-state index contributed by atoms with van der Waals surface area (Å²) in [7, 11) is 0. The van der Waals surface area contributed by atoms with Crippen molar-refractivity contribution in [3.63, 3.8) is 0 Å².